The smallest absolute Gasteiger partial charge is 0.255 e. The monoisotopic (exact) mass is 397 g/mol. The number of aryl methyl sites for hydroxylation is 1. The van der Waals surface area contributed by atoms with E-state index in [9.17, 15) is 9.18 Å². The maximum absolute atomic E-state index is 13.0. The van der Waals surface area contributed by atoms with Gasteiger partial charge < -0.3 is 10.6 Å². The number of halogens is 1. The Bertz CT molecular complexity index is 1240. The molecule has 0 unspecified atom stereocenters. The molecule has 0 aliphatic heterocycles. The number of nitrogens with one attached hydrogen (secondary N) is 2. The molecule has 0 saturated carbocycles. The van der Waals surface area contributed by atoms with Crippen molar-refractivity contribution >= 4 is 28.3 Å². The van der Waals surface area contributed by atoms with Crippen LogP contribution in [0.1, 0.15) is 33.9 Å². The summed E-state index contributed by atoms with van der Waals surface area (Å²) in [5.41, 5.74) is 4.68. The fraction of sp³-hybridized carbons (Fsp3) is 0.120. The fourth-order valence-electron chi connectivity index (χ4n) is 3.97. The highest BCUT2D eigenvalue weighted by Gasteiger charge is 2.21. The van der Waals surface area contributed by atoms with Gasteiger partial charge in [0.05, 0.1) is 11.6 Å². The largest absolute Gasteiger partial charge is 0.363 e. The van der Waals surface area contributed by atoms with Crippen LogP contribution in [0.2, 0.25) is 0 Å². The molecular weight excluding hydrogens is 377 g/mol. The van der Waals surface area contributed by atoms with Gasteiger partial charge in [0.2, 0.25) is 0 Å². The van der Waals surface area contributed by atoms with Crippen molar-refractivity contribution in [1.29, 1.82) is 0 Å². The number of benzene rings is 3. The van der Waals surface area contributed by atoms with E-state index in [2.05, 4.69) is 34.9 Å². The molecule has 0 radical (unpaired) electrons. The van der Waals surface area contributed by atoms with Crippen molar-refractivity contribution in [2.45, 2.75) is 18.9 Å². The summed E-state index contributed by atoms with van der Waals surface area (Å²) >= 11 is 0. The van der Waals surface area contributed by atoms with Gasteiger partial charge in [-0.2, -0.15) is 0 Å². The molecule has 1 amide bonds. The number of aromatic nitrogens is 1. The standard InChI is InChI=1S/C25H20FN3O/c26-19-9-5-17(6-10-19)25(30)27-20-11-13-22-18(15-20)8-14-24(28-22)29-23-12-7-16-3-1-2-4-21(16)23/h1-6,8-11,13-15,23H,7,12H2,(H,27,30)(H,28,29)/t23-/m1/s1. The van der Waals surface area contributed by atoms with Gasteiger partial charge in [0, 0.05) is 16.6 Å². The van der Waals surface area contributed by atoms with Crippen LogP contribution >= 0.6 is 0 Å². The van der Waals surface area contributed by atoms with E-state index < -0.39 is 0 Å². The summed E-state index contributed by atoms with van der Waals surface area (Å²) in [6, 6.07) is 23.9. The Balaban J connectivity index is 1.33. The maximum Gasteiger partial charge on any atom is 0.255 e. The normalized spacial score (nSPS) is 15.0. The highest BCUT2D eigenvalue weighted by Crippen LogP contribution is 2.33. The van der Waals surface area contributed by atoms with Crippen LogP contribution in [0.4, 0.5) is 15.9 Å². The number of amides is 1. The lowest BCUT2D eigenvalue weighted by Crippen LogP contribution is -2.11. The predicted molar refractivity (Wildman–Crippen MR) is 117 cm³/mol. The van der Waals surface area contributed by atoms with Crippen molar-refractivity contribution in [3.8, 4) is 0 Å². The minimum atomic E-state index is -0.367. The van der Waals surface area contributed by atoms with Gasteiger partial charge in [-0.15, -0.1) is 0 Å². The lowest BCUT2D eigenvalue weighted by molar-refractivity contribution is 0.102. The van der Waals surface area contributed by atoms with Crippen LogP contribution in [-0.2, 0) is 6.42 Å². The second-order valence-corrected chi connectivity index (χ2v) is 7.50. The first kappa shape index (κ1) is 18.3. The summed E-state index contributed by atoms with van der Waals surface area (Å²) in [4.78, 5) is 17.1. The Kier molecular flexibility index (Phi) is 4.64. The molecule has 0 spiro atoms. The minimum absolute atomic E-state index is 0.277. The Hall–Kier alpha value is -3.73. The van der Waals surface area contributed by atoms with Gasteiger partial charge in [-0.3, -0.25) is 4.79 Å². The number of pyridine rings is 1. The molecule has 4 nitrogen and oxygen atoms in total. The van der Waals surface area contributed by atoms with Crippen molar-refractivity contribution in [3.05, 3.63) is 101 Å². The molecule has 1 aromatic heterocycles. The van der Waals surface area contributed by atoms with E-state index in [1.807, 2.05) is 30.3 Å². The van der Waals surface area contributed by atoms with Crippen molar-refractivity contribution in [1.82, 2.24) is 4.98 Å². The number of carbonyl (C=O) groups excluding carboxylic acids is 1. The van der Waals surface area contributed by atoms with E-state index in [-0.39, 0.29) is 17.8 Å². The zero-order chi connectivity index (χ0) is 20.5. The molecule has 30 heavy (non-hydrogen) atoms. The molecule has 0 bridgehead atoms. The Morgan fingerprint density at radius 3 is 2.67 bits per heavy atom. The van der Waals surface area contributed by atoms with E-state index in [0.29, 0.717) is 11.3 Å². The Morgan fingerprint density at radius 2 is 1.80 bits per heavy atom. The number of hydrogen-bond acceptors (Lipinski definition) is 3. The molecule has 148 valence electrons. The molecule has 0 saturated heterocycles. The average molecular weight is 397 g/mol. The van der Waals surface area contributed by atoms with Crippen molar-refractivity contribution in [2.75, 3.05) is 10.6 Å². The van der Waals surface area contributed by atoms with Crippen LogP contribution in [0, 0.1) is 5.82 Å². The summed E-state index contributed by atoms with van der Waals surface area (Å²) in [6.07, 6.45) is 2.14. The SMILES string of the molecule is O=C(Nc1ccc2nc(N[C@@H]3CCc4ccccc43)ccc2c1)c1ccc(F)cc1. The van der Waals surface area contributed by atoms with E-state index in [1.165, 1.54) is 35.4 Å². The highest BCUT2D eigenvalue weighted by atomic mass is 19.1. The van der Waals surface area contributed by atoms with Crippen LogP contribution in [0.5, 0.6) is 0 Å². The molecule has 0 fully saturated rings. The Morgan fingerprint density at radius 1 is 0.967 bits per heavy atom. The van der Waals surface area contributed by atoms with Crippen LogP contribution < -0.4 is 10.6 Å². The van der Waals surface area contributed by atoms with E-state index >= 15 is 0 Å². The summed E-state index contributed by atoms with van der Waals surface area (Å²) in [6.45, 7) is 0. The first-order valence-electron chi connectivity index (χ1n) is 9.98. The van der Waals surface area contributed by atoms with Gasteiger partial charge in [0.1, 0.15) is 11.6 Å². The number of nitrogens with zero attached hydrogens (tertiary/aromatic N) is 1. The van der Waals surface area contributed by atoms with Crippen LogP contribution in [-0.4, -0.2) is 10.9 Å². The lowest BCUT2D eigenvalue weighted by Gasteiger charge is -2.15. The predicted octanol–water partition coefficient (Wildman–Crippen LogP) is 5.73. The maximum atomic E-state index is 13.0. The van der Waals surface area contributed by atoms with Gasteiger partial charge in [0.15, 0.2) is 0 Å². The Labute approximate surface area is 173 Å². The van der Waals surface area contributed by atoms with E-state index in [0.717, 1.165) is 29.6 Å². The lowest BCUT2D eigenvalue weighted by atomic mass is 10.1. The summed E-state index contributed by atoms with van der Waals surface area (Å²) in [5.74, 6) is 0.196. The summed E-state index contributed by atoms with van der Waals surface area (Å²) in [7, 11) is 0. The molecule has 2 N–H and O–H groups in total. The molecule has 1 aliphatic rings. The molecule has 1 atom stereocenters. The number of hydrogen-bond donors (Lipinski definition) is 2. The number of anilines is 2. The molecular formula is C25H20FN3O. The molecule has 3 aromatic carbocycles. The van der Waals surface area contributed by atoms with Crippen LogP contribution in [0.25, 0.3) is 10.9 Å². The first-order valence-corrected chi connectivity index (χ1v) is 9.98. The van der Waals surface area contributed by atoms with Gasteiger partial charge in [0.25, 0.3) is 5.91 Å². The van der Waals surface area contributed by atoms with E-state index in [1.54, 1.807) is 0 Å². The quantitative estimate of drug-likeness (QED) is 0.463. The third-order valence-corrected chi connectivity index (χ3v) is 5.51. The average Bonchev–Trinajstić information content (AvgIpc) is 3.17. The molecule has 1 aliphatic carbocycles. The summed E-state index contributed by atoms with van der Waals surface area (Å²) < 4.78 is 13.0. The summed E-state index contributed by atoms with van der Waals surface area (Å²) in [5, 5.41) is 7.33. The molecule has 5 rings (SSSR count). The third-order valence-electron chi connectivity index (χ3n) is 5.51. The zero-order valence-electron chi connectivity index (χ0n) is 16.2. The third kappa shape index (κ3) is 3.62. The fourth-order valence-corrected chi connectivity index (χ4v) is 3.97. The van der Waals surface area contributed by atoms with Crippen LogP contribution in [0.3, 0.4) is 0 Å². The van der Waals surface area contributed by atoms with Crippen LogP contribution in [0.15, 0.2) is 78.9 Å². The van der Waals surface area contributed by atoms with Gasteiger partial charge in [-0.05, 0) is 78.6 Å². The second-order valence-electron chi connectivity index (χ2n) is 7.50. The van der Waals surface area contributed by atoms with Gasteiger partial charge in [-0.1, -0.05) is 24.3 Å². The van der Waals surface area contributed by atoms with Crippen molar-refractivity contribution < 1.29 is 9.18 Å². The second kappa shape index (κ2) is 7.59. The number of fused-ring (bicyclic) bond motifs is 2. The molecule has 4 aromatic rings. The number of carbonyl (C=O) groups is 1. The van der Waals surface area contributed by atoms with Gasteiger partial charge in [-0.25, -0.2) is 9.37 Å². The van der Waals surface area contributed by atoms with E-state index in [4.69, 9.17) is 4.98 Å². The molecule has 1 heterocycles. The van der Waals surface area contributed by atoms with Crippen molar-refractivity contribution in [3.63, 3.8) is 0 Å². The minimum Gasteiger partial charge on any atom is -0.363 e. The van der Waals surface area contributed by atoms with Gasteiger partial charge >= 0.3 is 0 Å². The number of rotatable bonds is 4. The highest BCUT2D eigenvalue weighted by molar-refractivity contribution is 6.05. The first-order chi connectivity index (χ1) is 14.7. The topological polar surface area (TPSA) is 54.0 Å². The zero-order valence-corrected chi connectivity index (χ0v) is 16.2. The molecule has 5 heteroatoms. The van der Waals surface area contributed by atoms with Crippen molar-refractivity contribution in [2.24, 2.45) is 0 Å².